The van der Waals surface area contributed by atoms with Crippen LogP contribution in [0.3, 0.4) is 0 Å². The molecular weight excluding hydrogens is 294 g/mol. The number of nitrogens with one attached hydrogen (secondary N) is 1. The first-order chi connectivity index (χ1) is 11.7. The fourth-order valence-electron chi connectivity index (χ4n) is 2.69. The molecule has 1 N–H and O–H groups in total. The molecule has 2 heteroatoms. The van der Waals surface area contributed by atoms with Crippen LogP contribution in [-0.4, -0.2) is 6.04 Å². The Hall–Kier alpha value is -1.90. The number of benzene rings is 2. The number of hydrogen-bond donors (Lipinski definition) is 1. The lowest BCUT2D eigenvalue weighted by Crippen LogP contribution is -2.30. The molecule has 2 nitrogen and oxygen atoms in total. The first kappa shape index (κ1) is 18.4. The average Bonchev–Trinajstić information content (AvgIpc) is 2.61. The minimum Gasteiger partial charge on any atom is -0.293 e. The zero-order valence-electron chi connectivity index (χ0n) is 15.0. The van der Waals surface area contributed by atoms with Gasteiger partial charge in [-0.1, -0.05) is 93.6 Å². The second kappa shape index (κ2) is 10.1. The van der Waals surface area contributed by atoms with Gasteiger partial charge in [0.15, 0.2) is 0 Å². The summed E-state index contributed by atoms with van der Waals surface area (Å²) in [5.74, 6) is 0.600. The van der Waals surface area contributed by atoms with Gasteiger partial charge in [0.25, 0.3) is 0 Å². The molecule has 0 amide bonds. The molecule has 2 rings (SSSR count). The second-order valence-electron chi connectivity index (χ2n) is 6.55. The van der Waals surface area contributed by atoms with Crippen molar-refractivity contribution < 1.29 is 4.84 Å². The minimum atomic E-state index is 0.0750. The van der Waals surface area contributed by atoms with Crippen molar-refractivity contribution in [1.29, 1.82) is 0 Å². The summed E-state index contributed by atoms with van der Waals surface area (Å²) >= 11 is 0. The molecule has 2 aromatic carbocycles. The van der Waals surface area contributed by atoms with Crippen LogP contribution >= 0.6 is 0 Å². The summed E-state index contributed by atoms with van der Waals surface area (Å²) in [6.45, 7) is 6.62. The Labute approximate surface area is 146 Å². The van der Waals surface area contributed by atoms with Gasteiger partial charge in [0.1, 0.15) is 6.10 Å². The lowest BCUT2D eigenvalue weighted by molar-refractivity contribution is -0.0424. The van der Waals surface area contributed by atoms with Crippen molar-refractivity contribution in [2.75, 3.05) is 0 Å². The van der Waals surface area contributed by atoms with Gasteiger partial charge in [0, 0.05) is 0 Å². The Morgan fingerprint density at radius 2 is 1.58 bits per heavy atom. The standard InChI is InChI=1S/C22H29NO/c1-4-22(20-13-9-6-10-14-20)24-23-21(17-18(2)3)16-15-19-11-7-5-8-12-19/h5-16,18,21-23H,4,17H2,1-3H3/b16-15+/t21-,22-/m1/s1. The van der Waals surface area contributed by atoms with Crippen LogP contribution < -0.4 is 5.48 Å². The van der Waals surface area contributed by atoms with Gasteiger partial charge in [-0.25, -0.2) is 0 Å². The second-order valence-corrected chi connectivity index (χ2v) is 6.55. The van der Waals surface area contributed by atoms with E-state index in [-0.39, 0.29) is 12.1 Å². The number of hydroxylamine groups is 1. The summed E-state index contributed by atoms with van der Waals surface area (Å²) in [6, 6.07) is 21.0. The average molecular weight is 323 g/mol. The Morgan fingerprint density at radius 3 is 2.17 bits per heavy atom. The van der Waals surface area contributed by atoms with Crippen molar-refractivity contribution in [3.8, 4) is 0 Å². The van der Waals surface area contributed by atoms with Crippen LogP contribution in [-0.2, 0) is 4.84 Å². The van der Waals surface area contributed by atoms with Gasteiger partial charge in [-0.3, -0.25) is 4.84 Å². The van der Waals surface area contributed by atoms with Crippen molar-refractivity contribution in [1.82, 2.24) is 5.48 Å². The van der Waals surface area contributed by atoms with Crippen molar-refractivity contribution in [3.63, 3.8) is 0 Å². The summed E-state index contributed by atoms with van der Waals surface area (Å²) in [7, 11) is 0. The molecule has 0 aliphatic carbocycles. The van der Waals surface area contributed by atoms with Gasteiger partial charge in [0.2, 0.25) is 0 Å². The highest BCUT2D eigenvalue weighted by Crippen LogP contribution is 2.20. The zero-order valence-corrected chi connectivity index (χ0v) is 15.0. The summed E-state index contributed by atoms with van der Waals surface area (Å²) in [4.78, 5) is 6.03. The highest BCUT2D eigenvalue weighted by molar-refractivity contribution is 5.49. The third kappa shape index (κ3) is 6.31. The number of rotatable bonds is 9. The van der Waals surface area contributed by atoms with E-state index in [1.807, 2.05) is 12.1 Å². The van der Waals surface area contributed by atoms with Gasteiger partial charge >= 0.3 is 0 Å². The van der Waals surface area contributed by atoms with E-state index in [9.17, 15) is 0 Å². The van der Waals surface area contributed by atoms with Crippen LogP contribution in [0.25, 0.3) is 6.08 Å². The Balaban J connectivity index is 1.99. The highest BCUT2D eigenvalue weighted by Gasteiger charge is 2.13. The molecule has 128 valence electrons. The molecule has 0 heterocycles. The van der Waals surface area contributed by atoms with Gasteiger partial charge in [-0.05, 0) is 29.9 Å². The molecule has 0 fully saturated rings. The number of hydrogen-bond acceptors (Lipinski definition) is 2. The van der Waals surface area contributed by atoms with Crippen LogP contribution in [0.5, 0.6) is 0 Å². The molecule has 0 aliphatic rings. The molecule has 0 saturated heterocycles. The topological polar surface area (TPSA) is 21.3 Å². The van der Waals surface area contributed by atoms with E-state index in [0.717, 1.165) is 12.8 Å². The molecule has 2 aromatic rings. The van der Waals surface area contributed by atoms with E-state index in [1.54, 1.807) is 0 Å². The molecule has 0 aliphatic heterocycles. The van der Waals surface area contributed by atoms with Crippen LogP contribution in [0.15, 0.2) is 66.7 Å². The molecular formula is C22H29NO. The molecule has 24 heavy (non-hydrogen) atoms. The molecule has 0 unspecified atom stereocenters. The minimum absolute atomic E-state index is 0.0750. The van der Waals surface area contributed by atoms with Crippen molar-refractivity contribution in [3.05, 3.63) is 77.9 Å². The summed E-state index contributed by atoms with van der Waals surface area (Å²) in [5.41, 5.74) is 5.71. The van der Waals surface area contributed by atoms with Gasteiger partial charge in [-0.15, -0.1) is 0 Å². The smallest absolute Gasteiger partial charge is 0.104 e. The predicted molar refractivity (Wildman–Crippen MR) is 102 cm³/mol. The van der Waals surface area contributed by atoms with Crippen molar-refractivity contribution >= 4 is 6.08 Å². The van der Waals surface area contributed by atoms with E-state index in [0.29, 0.717) is 5.92 Å². The maximum atomic E-state index is 6.03. The normalized spacial score (nSPS) is 14.2. The van der Waals surface area contributed by atoms with E-state index in [4.69, 9.17) is 4.84 Å². The van der Waals surface area contributed by atoms with Crippen molar-refractivity contribution in [2.24, 2.45) is 5.92 Å². The Morgan fingerprint density at radius 1 is 0.958 bits per heavy atom. The first-order valence-corrected chi connectivity index (χ1v) is 8.88. The summed E-state index contributed by atoms with van der Waals surface area (Å²) in [6.07, 6.45) is 6.41. The van der Waals surface area contributed by atoms with E-state index >= 15 is 0 Å². The van der Waals surface area contributed by atoms with E-state index in [2.05, 4.69) is 86.9 Å². The Kier molecular flexibility index (Phi) is 7.73. The Bertz CT molecular complexity index is 592. The predicted octanol–water partition coefficient (Wildman–Crippen LogP) is 5.79. The van der Waals surface area contributed by atoms with Crippen LogP contribution in [0, 0.1) is 5.92 Å². The third-order valence-electron chi connectivity index (χ3n) is 3.95. The van der Waals surface area contributed by atoms with E-state index in [1.165, 1.54) is 11.1 Å². The van der Waals surface area contributed by atoms with Gasteiger partial charge in [-0.2, -0.15) is 5.48 Å². The van der Waals surface area contributed by atoms with Crippen LogP contribution in [0.2, 0.25) is 0 Å². The molecule has 0 saturated carbocycles. The molecule has 0 spiro atoms. The molecule has 0 bridgehead atoms. The highest BCUT2D eigenvalue weighted by atomic mass is 16.7. The van der Waals surface area contributed by atoms with E-state index < -0.39 is 0 Å². The third-order valence-corrected chi connectivity index (χ3v) is 3.95. The monoisotopic (exact) mass is 323 g/mol. The van der Waals surface area contributed by atoms with Gasteiger partial charge < -0.3 is 0 Å². The van der Waals surface area contributed by atoms with Crippen LogP contribution in [0.1, 0.15) is 50.8 Å². The maximum absolute atomic E-state index is 6.03. The molecule has 0 radical (unpaired) electrons. The zero-order chi connectivity index (χ0) is 17.2. The molecule has 0 aromatic heterocycles. The fourth-order valence-corrected chi connectivity index (χ4v) is 2.69. The summed E-state index contributed by atoms with van der Waals surface area (Å²) in [5, 5.41) is 0. The first-order valence-electron chi connectivity index (χ1n) is 8.88. The quantitative estimate of drug-likeness (QED) is 0.590. The van der Waals surface area contributed by atoms with Crippen molar-refractivity contribution in [2.45, 2.75) is 45.8 Å². The maximum Gasteiger partial charge on any atom is 0.104 e. The lowest BCUT2D eigenvalue weighted by atomic mass is 10.0. The largest absolute Gasteiger partial charge is 0.293 e. The SMILES string of the molecule is CC[C@@H](ON[C@H](/C=C/c1ccccc1)CC(C)C)c1ccccc1. The van der Waals surface area contributed by atoms with Gasteiger partial charge in [0.05, 0.1) is 6.04 Å². The van der Waals surface area contributed by atoms with Crippen LogP contribution in [0.4, 0.5) is 0 Å². The fraction of sp³-hybridized carbons (Fsp3) is 0.364. The molecule has 2 atom stereocenters. The summed E-state index contributed by atoms with van der Waals surface area (Å²) < 4.78 is 0. The lowest BCUT2D eigenvalue weighted by Gasteiger charge is -2.22.